The van der Waals surface area contributed by atoms with Crippen LogP contribution in [0.15, 0.2) is 48.5 Å². The van der Waals surface area contributed by atoms with Crippen molar-refractivity contribution in [2.45, 2.75) is 70.9 Å². The summed E-state index contributed by atoms with van der Waals surface area (Å²) in [4.78, 5) is 32.7. The smallest absolute Gasteiger partial charge is 0.294 e. The number of benzene rings is 2. The number of rotatable bonds is 5. The first-order chi connectivity index (χ1) is 17.9. The highest BCUT2D eigenvalue weighted by molar-refractivity contribution is 6.17. The Kier molecular flexibility index (Phi) is 6.74. The molecule has 0 amide bonds. The number of carbonyl (C=O) groups is 2. The largest absolute Gasteiger partial charge is 0.393 e. The molecule has 0 radical (unpaired) electrons. The molecule has 198 valence electrons. The SMILES string of the molecule is CC1(C)CC(=O)c2c(nc(C3CCCC3)c(C(=O)c3ccc(CC(F)(F)F)cc3)c2-c2ccc(F)cc2)C1. The molecule has 1 saturated carbocycles. The first kappa shape index (κ1) is 26.3. The lowest BCUT2D eigenvalue weighted by Crippen LogP contribution is -2.30. The molecule has 1 heterocycles. The van der Waals surface area contributed by atoms with Gasteiger partial charge in [-0.3, -0.25) is 14.6 Å². The van der Waals surface area contributed by atoms with Crippen molar-refractivity contribution in [3.8, 4) is 11.1 Å². The van der Waals surface area contributed by atoms with Crippen LogP contribution < -0.4 is 0 Å². The molecule has 0 N–H and O–H groups in total. The number of fused-ring (bicyclic) bond motifs is 1. The maximum Gasteiger partial charge on any atom is 0.393 e. The summed E-state index contributed by atoms with van der Waals surface area (Å²) in [6.07, 6.45) is -0.860. The second kappa shape index (κ2) is 9.75. The van der Waals surface area contributed by atoms with Crippen molar-refractivity contribution in [3.63, 3.8) is 0 Å². The van der Waals surface area contributed by atoms with Crippen LogP contribution in [0.2, 0.25) is 0 Å². The van der Waals surface area contributed by atoms with E-state index in [0.717, 1.165) is 25.7 Å². The predicted molar refractivity (Wildman–Crippen MR) is 137 cm³/mol. The van der Waals surface area contributed by atoms with E-state index in [-0.39, 0.29) is 28.2 Å². The quantitative estimate of drug-likeness (QED) is 0.251. The molecular weight excluding hydrogens is 494 g/mol. The zero-order valence-electron chi connectivity index (χ0n) is 21.4. The van der Waals surface area contributed by atoms with Gasteiger partial charge in [-0.05, 0) is 47.9 Å². The van der Waals surface area contributed by atoms with E-state index >= 15 is 0 Å². The third-order valence-electron chi connectivity index (χ3n) is 7.59. The molecule has 0 bridgehead atoms. The average molecular weight is 524 g/mol. The number of pyridine rings is 1. The van der Waals surface area contributed by atoms with Crippen LogP contribution in [0.25, 0.3) is 11.1 Å². The van der Waals surface area contributed by atoms with Gasteiger partial charge in [0.05, 0.1) is 23.4 Å². The van der Waals surface area contributed by atoms with E-state index in [2.05, 4.69) is 0 Å². The van der Waals surface area contributed by atoms with Gasteiger partial charge in [-0.25, -0.2) is 4.39 Å². The summed E-state index contributed by atoms with van der Waals surface area (Å²) >= 11 is 0. The highest BCUT2D eigenvalue weighted by Gasteiger charge is 2.39. The number of ketones is 2. The molecule has 5 rings (SSSR count). The number of halogens is 4. The van der Waals surface area contributed by atoms with Gasteiger partial charge in [0, 0.05) is 29.0 Å². The van der Waals surface area contributed by atoms with Crippen molar-refractivity contribution in [1.82, 2.24) is 4.98 Å². The van der Waals surface area contributed by atoms with Crippen molar-refractivity contribution in [1.29, 1.82) is 0 Å². The monoisotopic (exact) mass is 523 g/mol. The van der Waals surface area contributed by atoms with E-state index in [1.165, 1.54) is 36.4 Å². The zero-order chi connectivity index (χ0) is 27.2. The van der Waals surface area contributed by atoms with Gasteiger partial charge in [0.1, 0.15) is 5.82 Å². The standard InChI is InChI=1S/C31H29F4NO2/c1-30(2)16-23-26(24(37)17-30)25(19-11-13-22(32)14-12-19)27(28(36-23)20-5-3-4-6-20)29(38)21-9-7-18(8-10-21)15-31(33,34)35/h7-14,20H,3-6,15-17H2,1-2H3. The first-order valence-corrected chi connectivity index (χ1v) is 13.0. The van der Waals surface area contributed by atoms with Crippen molar-refractivity contribution in [2.24, 2.45) is 5.41 Å². The van der Waals surface area contributed by atoms with E-state index in [1.54, 1.807) is 12.1 Å². The lowest BCUT2D eigenvalue weighted by molar-refractivity contribution is -0.127. The molecule has 38 heavy (non-hydrogen) atoms. The molecule has 1 fully saturated rings. The normalized spacial score (nSPS) is 17.5. The Morgan fingerprint density at radius 1 is 0.947 bits per heavy atom. The highest BCUT2D eigenvalue weighted by Crippen LogP contribution is 2.45. The van der Waals surface area contributed by atoms with Crippen LogP contribution in [-0.4, -0.2) is 22.7 Å². The van der Waals surface area contributed by atoms with Crippen LogP contribution in [0.3, 0.4) is 0 Å². The van der Waals surface area contributed by atoms with Gasteiger partial charge in [0.2, 0.25) is 0 Å². The number of nitrogens with zero attached hydrogens (tertiary/aromatic N) is 1. The summed E-state index contributed by atoms with van der Waals surface area (Å²) in [5, 5.41) is 0. The zero-order valence-corrected chi connectivity index (χ0v) is 21.4. The summed E-state index contributed by atoms with van der Waals surface area (Å²) < 4.78 is 52.5. The van der Waals surface area contributed by atoms with E-state index in [0.29, 0.717) is 46.5 Å². The Morgan fingerprint density at radius 3 is 2.18 bits per heavy atom. The Balaban J connectivity index is 1.74. The fourth-order valence-corrected chi connectivity index (χ4v) is 5.90. The van der Waals surface area contributed by atoms with Crippen LogP contribution >= 0.6 is 0 Å². The Labute approximate surface area is 219 Å². The van der Waals surface area contributed by atoms with Gasteiger partial charge >= 0.3 is 6.18 Å². The van der Waals surface area contributed by atoms with Crippen LogP contribution in [0.4, 0.5) is 17.6 Å². The van der Waals surface area contributed by atoms with E-state index in [1.807, 2.05) is 13.8 Å². The number of hydrogen-bond acceptors (Lipinski definition) is 3. The van der Waals surface area contributed by atoms with Gasteiger partial charge in [0.25, 0.3) is 0 Å². The molecule has 0 unspecified atom stereocenters. The Morgan fingerprint density at radius 2 is 1.58 bits per heavy atom. The molecule has 2 aliphatic rings. The second-order valence-electron chi connectivity index (χ2n) is 11.3. The number of Topliss-reactive ketones (excluding diaryl/α,β-unsaturated/α-hetero) is 1. The summed E-state index contributed by atoms with van der Waals surface area (Å²) in [5.41, 5.74) is 3.00. The lowest BCUT2D eigenvalue weighted by Gasteiger charge is -2.33. The number of carbonyl (C=O) groups excluding carboxylic acids is 2. The maximum atomic E-state index is 14.2. The minimum Gasteiger partial charge on any atom is -0.294 e. The second-order valence-corrected chi connectivity index (χ2v) is 11.3. The topological polar surface area (TPSA) is 47.0 Å². The predicted octanol–water partition coefficient (Wildman–Crippen LogP) is 8.04. The molecule has 2 aliphatic carbocycles. The number of aromatic nitrogens is 1. The molecule has 2 aromatic carbocycles. The van der Waals surface area contributed by atoms with Gasteiger partial charge in [-0.2, -0.15) is 13.2 Å². The Bertz CT molecular complexity index is 1380. The van der Waals surface area contributed by atoms with Crippen molar-refractivity contribution in [3.05, 3.63) is 88.0 Å². The molecule has 1 aromatic heterocycles. The molecule has 0 saturated heterocycles. The Hall–Kier alpha value is -3.35. The van der Waals surface area contributed by atoms with Crippen molar-refractivity contribution >= 4 is 11.6 Å². The van der Waals surface area contributed by atoms with Gasteiger partial charge in [0.15, 0.2) is 11.6 Å². The third kappa shape index (κ3) is 5.29. The molecule has 3 nitrogen and oxygen atoms in total. The minimum atomic E-state index is -4.35. The van der Waals surface area contributed by atoms with Gasteiger partial charge in [-0.1, -0.05) is 63.1 Å². The molecule has 0 aliphatic heterocycles. The minimum absolute atomic E-state index is 0.0306. The van der Waals surface area contributed by atoms with Crippen LogP contribution in [0, 0.1) is 11.2 Å². The molecule has 3 aromatic rings. The fourth-order valence-electron chi connectivity index (χ4n) is 5.90. The average Bonchev–Trinajstić information content (AvgIpc) is 3.37. The van der Waals surface area contributed by atoms with Crippen LogP contribution in [0.1, 0.15) is 95.1 Å². The summed E-state index contributed by atoms with van der Waals surface area (Å²) in [6.45, 7) is 4.04. The number of alkyl halides is 3. The van der Waals surface area contributed by atoms with Crippen molar-refractivity contribution < 1.29 is 27.2 Å². The number of hydrogen-bond donors (Lipinski definition) is 0. The first-order valence-electron chi connectivity index (χ1n) is 13.0. The van der Waals surface area contributed by atoms with Crippen LogP contribution in [-0.2, 0) is 12.8 Å². The molecule has 7 heteroatoms. The summed E-state index contributed by atoms with van der Waals surface area (Å²) in [6, 6.07) is 11.2. The van der Waals surface area contributed by atoms with Crippen molar-refractivity contribution in [2.75, 3.05) is 0 Å². The molecular formula is C31H29F4NO2. The van der Waals surface area contributed by atoms with E-state index < -0.39 is 24.2 Å². The van der Waals surface area contributed by atoms with E-state index in [9.17, 15) is 27.2 Å². The maximum absolute atomic E-state index is 14.2. The fraction of sp³-hybridized carbons (Fsp3) is 0.387. The molecule has 0 spiro atoms. The molecule has 0 atom stereocenters. The van der Waals surface area contributed by atoms with Gasteiger partial charge in [-0.15, -0.1) is 0 Å². The lowest BCUT2D eigenvalue weighted by atomic mass is 9.72. The summed E-state index contributed by atoms with van der Waals surface area (Å²) in [7, 11) is 0. The van der Waals surface area contributed by atoms with Crippen LogP contribution in [0.5, 0.6) is 0 Å². The summed E-state index contributed by atoms with van der Waals surface area (Å²) in [5.74, 6) is -0.912. The highest BCUT2D eigenvalue weighted by atomic mass is 19.4. The van der Waals surface area contributed by atoms with E-state index in [4.69, 9.17) is 4.98 Å². The van der Waals surface area contributed by atoms with Gasteiger partial charge < -0.3 is 0 Å². The third-order valence-corrected chi connectivity index (χ3v) is 7.59.